The maximum absolute atomic E-state index is 9.42. The average Bonchev–Trinajstić information content (AvgIpc) is 3.31. The lowest BCUT2D eigenvalue weighted by Gasteiger charge is -2.08. The Hall–Kier alpha value is -5.26. The van der Waals surface area contributed by atoms with Gasteiger partial charge in [0, 0.05) is 5.39 Å². The zero-order chi connectivity index (χ0) is 23.8. The minimum Gasteiger partial charge on any atom is -0.451 e. The Labute approximate surface area is 201 Å². The van der Waals surface area contributed by atoms with Crippen LogP contribution in [-0.4, -0.2) is 9.97 Å². The largest absolute Gasteiger partial charge is 0.451 e. The molecule has 0 bridgehead atoms. The molecule has 2 aromatic heterocycles. The Bertz CT molecular complexity index is 1800. The summed E-state index contributed by atoms with van der Waals surface area (Å²) in [6, 6.07) is 36.9. The third kappa shape index (κ3) is 3.58. The van der Waals surface area contributed by atoms with Crippen molar-refractivity contribution in [1.82, 2.24) is 9.97 Å². The second kappa shape index (κ2) is 8.26. The van der Waals surface area contributed by atoms with Crippen molar-refractivity contribution in [3.8, 4) is 45.5 Å². The van der Waals surface area contributed by atoms with E-state index in [4.69, 9.17) is 4.42 Å². The van der Waals surface area contributed by atoms with Gasteiger partial charge in [0.15, 0.2) is 11.3 Å². The van der Waals surface area contributed by atoms with Crippen LogP contribution in [0.25, 0.3) is 55.4 Å². The van der Waals surface area contributed by atoms with E-state index in [1.54, 1.807) is 0 Å². The first kappa shape index (κ1) is 20.4. The van der Waals surface area contributed by atoms with E-state index in [9.17, 15) is 10.5 Å². The summed E-state index contributed by atoms with van der Waals surface area (Å²) >= 11 is 0. The van der Waals surface area contributed by atoms with Gasteiger partial charge in [-0.3, -0.25) is 0 Å². The fraction of sp³-hybridized carbons (Fsp3) is 0. The number of hydrogen-bond donors (Lipinski definition) is 0. The molecular weight excluding hydrogens is 432 g/mol. The highest BCUT2D eigenvalue weighted by Crippen LogP contribution is 2.34. The fourth-order valence-electron chi connectivity index (χ4n) is 4.31. The molecular formula is C30H16N4O. The second-order valence-corrected chi connectivity index (χ2v) is 8.13. The molecule has 5 nitrogen and oxygen atoms in total. The molecule has 162 valence electrons. The number of aromatic nitrogens is 2. The van der Waals surface area contributed by atoms with E-state index in [1.807, 2.05) is 54.6 Å². The molecule has 4 aromatic carbocycles. The summed E-state index contributed by atoms with van der Waals surface area (Å²) in [5, 5.41) is 19.4. The van der Waals surface area contributed by atoms with Gasteiger partial charge < -0.3 is 4.42 Å². The van der Waals surface area contributed by atoms with Crippen molar-refractivity contribution < 1.29 is 4.42 Å². The third-order valence-electron chi connectivity index (χ3n) is 6.04. The van der Waals surface area contributed by atoms with Crippen molar-refractivity contribution in [3.63, 3.8) is 0 Å². The van der Waals surface area contributed by atoms with Gasteiger partial charge in [-0.15, -0.1) is 0 Å². The van der Waals surface area contributed by atoms with Crippen LogP contribution < -0.4 is 0 Å². The molecule has 0 saturated heterocycles. The molecule has 0 aliphatic carbocycles. The van der Waals surface area contributed by atoms with E-state index >= 15 is 0 Å². The van der Waals surface area contributed by atoms with Gasteiger partial charge in [0.25, 0.3) is 0 Å². The number of rotatable bonds is 3. The smallest absolute Gasteiger partial charge is 0.234 e. The number of benzene rings is 4. The van der Waals surface area contributed by atoms with Gasteiger partial charge in [0.1, 0.15) is 23.2 Å². The predicted molar refractivity (Wildman–Crippen MR) is 135 cm³/mol. The van der Waals surface area contributed by atoms with E-state index in [1.165, 1.54) is 11.1 Å². The Morgan fingerprint density at radius 1 is 0.571 bits per heavy atom. The van der Waals surface area contributed by atoms with Crippen LogP contribution in [0.2, 0.25) is 0 Å². The lowest BCUT2D eigenvalue weighted by atomic mass is 9.96. The number of nitrogens with zero attached hydrogens (tertiary/aromatic N) is 4. The highest BCUT2D eigenvalue weighted by atomic mass is 16.3. The molecule has 5 heteroatoms. The SMILES string of the molecule is N#Cc1nc(C#N)c2oc3ccc(-c4cccc(-c5ccc(-c6ccccc6)cc5)c4)cc3c2n1. The van der Waals surface area contributed by atoms with Crippen molar-refractivity contribution >= 4 is 22.1 Å². The molecule has 35 heavy (non-hydrogen) atoms. The van der Waals surface area contributed by atoms with Crippen molar-refractivity contribution in [1.29, 1.82) is 10.5 Å². The summed E-state index contributed by atoms with van der Waals surface area (Å²) in [5.41, 5.74) is 8.06. The highest BCUT2D eigenvalue weighted by molar-refractivity contribution is 6.05. The van der Waals surface area contributed by atoms with Crippen LogP contribution in [0, 0.1) is 22.7 Å². The zero-order valence-electron chi connectivity index (χ0n) is 18.4. The van der Waals surface area contributed by atoms with E-state index < -0.39 is 0 Å². The second-order valence-electron chi connectivity index (χ2n) is 8.13. The molecule has 0 spiro atoms. The van der Waals surface area contributed by atoms with Gasteiger partial charge in [-0.2, -0.15) is 10.5 Å². The van der Waals surface area contributed by atoms with Crippen molar-refractivity contribution in [2.45, 2.75) is 0 Å². The molecule has 0 atom stereocenters. The van der Waals surface area contributed by atoms with E-state index in [2.05, 4.69) is 64.6 Å². The van der Waals surface area contributed by atoms with Crippen molar-refractivity contribution in [3.05, 3.63) is 109 Å². The first-order chi connectivity index (χ1) is 17.2. The minimum absolute atomic E-state index is 0.0527. The third-order valence-corrected chi connectivity index (χ3v) is 6.04. The molecule has 0 radical (unpaired) electrons. The summed E-state index contributed by atoms with van der Waals surface area (Å²) in [7, 11) is 0. The summed E-state index contributed by atoms with van der Waals surface area (Å²) < 4.78 is 5.85. The number of hydrogen-bond acceptors (Lipinski definition) is 5. The maximum atomic E-state index is 9.42. The summed E-state index contributed by atoms with van der Waals surface area (Å²) in [6.07, 6.45) is 0. The normalized spacial score (nSPS) is 10.8. The van der Waals surface area contributed by atoms with Gasteiger partial charge in [-0.25, -0.2) is 9.97 Å². The minimum atomic E-state index is -0.0527. The van der Waals surface area contributed by atoms with Gasteiger partial charge in [0.2, 0.25) is 5.82 Å². The molecule has 0 amide bonds. The Kier molecular flexibility index (Phi) is 4.80. The van der Waals surface area contributed by atoms with Crippen molar-refractivity contribution in [2.75, 3.05) is 0 Å². The molecule has 2 heterocycles. The highest BCUT2D eigenvalue weighted by Gasteiger charge is 2.16. The Balaban J connectivity index is 1.41. The molecule has 0 aliphatic heterocycles. The topological polar surface area (TPSA) is 86.5 Å². The van der Waals surface area contributed by atoms with Gasteiger partial charge >= 0.3 is 0 Å². The van der Waals surface area contributed by atoms with E-state index in [-0.39, 0.29) is 11.5 Å². The Morgan fingerprint density at radius 2 is 1.17 bits per heavy atom. The summed E-state index contributed by atoms with van der Waals surface area (Å²) in [5.74, 6) is -0.0527. The molecule has 0 unspecified atom stereocenters. The van der Waals surface area contributed by atoms with Crippen LogP contribution in [0.15, 0.2) is 101 Å². The van der Waals surface area contributed by atoms with Crippen LogP contribution in [0.5, 0.6) is 0 Å². The first-order valence-corrected chi connectivity index (χ1v) is 11.0. The van der Waals surface area contributed by atoms with Gasteiger partial charge in [-0.1, -0.05) is 78.9 Å². The predicted octanol–water partition coefficient (Wildman–Crippen LogP) is 7.12. The fourth-order valence-corrected chi connectivity index (χ4v) is 4.31. The number of furan rings is 1. The lowest BCUT2D eigenvalue weighted by molar-refractivity contribution is 0.663. The molecule has 6 aromatic rings. The molecule has 6 rings (SSSR count). The Morgan fingerprint density at radius 3 is 1.89 bits per heavy atom. The number of nitriles is 2. The number of fused-ring (bicyclic) bond motifs is 3. The molecule has 0 aliphatic rings. The van der Waals surface area contributed by atoms with Crippen LogP contribution in [-0.2, 0) is 0 Å². The summed E-state index contributed by atoms with van der Waals surface area (Å²) in [4.78, 5) is 8.26. The molecule has 0 N–H and O–H groups in total. The molecule has 0 fully saturated rings. The maximum Gasteiger partial charge on any atom is 0.234 e. The van der Waals surface area contributed by atoms with Crippen LogP contribution in [0.4, 0.5) is 0 Å². The van der Waals surface area contributed by atoms with Gasteiger partial charge in [0.05, 0.1) is 0 Å². The van der Waals surface area contributed by atoms with Gasteiger partial charge in [-0.05, 0) is 51.6 Å². The standard InChI is InChI=1S/C30H16N4O/c31-17-26-30-29(34-28(18-32)33-26)25-16-24(13-14-27(25)35-30)23-8-4-7-22(15-23)21-11-9-20(10-12-21)19-5-2-1-3-6-19/h1-16H. The first-order valence-electron chi connectivity index (χ1n) is 11.0. The van der Waals surface area contributed by atoms with Crippen molar-refractivity contribution in [2.24, 2.45) is 0 Å². The zero-order valence-corrected chi connectivity index (χ0v) is 18.4. The monoisotopic (exact) mass is 448 g/mol. The quantitative estimate of drug-likeness (QED) is 0.288. The summed E-state index contributed by atoms with van der Waals surface area (Å²) in [6.45, 7) is 0. The van der Waals surface area contributed by atoms with Crippen LogP contribution >= 0.6 is 0 Å². The molecule has 0 saturated carbocycles. The van der Waals surface area contributed by atoms with E-state index in [0.717, 1.165) is 27.6 Å². The van der Waals surface area contributed by atoms with Crippen LogP contribution in [0.1, 0.15) is 11.5 Å². The van der Waals surface area contributed by atoms with Crippen LogP contribution in [0.3, 0.4) is 0 Å². The average molecular weight is 448 g/mol. The van der Waals surface area contributed by atoms with E-state index in [0.29, 0.717) is 16.7 Å². The lowest BCUT2D eigenvalue weighted by Crippen LogP contribution is -1.93.